The highest BCUT2D eigenvalue weighted by molar-refractivity contribution is 5.89. The molecule has 156 valence electrons. The number of anilines is 1. The molecule has 1 atom stereocenters. The maximum atomic E-state index is 12.8. The molecule has 29 heavy (non-hydrogen) atoms. The summed E-state index contributed by atoms with van der Waals surface area (Å²) >= 11 is 0. The highest BCUT2D eigenvalue weighted by Gasteiger charge is 2.30. The van der Waals surface area contributed by atoms with Gasteiger partial charge in [-0.25, -0.2) is 4.79 Å². The molecule has 0 spiro atoms. The van der Waals surface area contributed by atoms with E-state index in [-0.39, 0.29) is 24.5 Å². The van der Waals surface area contributed by atoms with E-state index < -0.39 is 0 Å². The van der Waals surface area contributed by atoms with E-state index in [1.54, 1.807) is 19.5 Å². The molecule has 3 amide bonds. The fourth-order valence-electron chi connectivity index (χ4n) is 3.53. The molecule has 2 aromatic rings. The molecule has 1 saturated heterocycles. The van der Waals surface area contributed by atoms with Gasteiger partial charge < -0.3 is 20.3 Å². The van der Waals surface area contributed by atoms with E-state index in [4.69, 9.17) is 4.74 Å². The van der Waals surface area contributed by atoms with E-state index in [0.717, 1.165) is 19.4 Å². The third-order valence-electron chi connectivity index (χ3n) is 5.25. The van der Waals surface area contributed by atoms with Crippen molar-refractivity contribution in [3.05, 3.63) is 47.3 Å². The summed E-state index contributed by atoms with van der Waals surface area (Å²) in [4.78, 5) is 26.6. The van der Waals surface area contributed by atoms with Crippen LogP contribution in [-0.2, 0) is 16.1 Å². The predicted molar refractivity (Wildman–Crippen MR) is 111 cm³/mol. The molecule has 0 saturated carbocycles. The number of hydrogen-bond donors (Lipinski definition) is 2. The van der Waals surface area contributed by atoms with Crippen LogP contribution in [0.15, 0.2) is 30.6 Å². The first kappa shape index (κ1) is 20.9. The van der Waals surface area contributed by atoms with Gasteiger partial charge in [0, 0.05) is 26.4 Å². The number of urea groups is 1. The van der Waals surface area contributed by atoms with E-state index in [2.05, 4.69) is 47.8 Å². The standard InChI is InChI=1S/C21H29N5O3/c1-15-6-7-17(11-16(15)2)19-5-4-9-26(19)21(28)24-18-12-23-25(13-18)14-20(27)22-8-10-29-3/h6-7,11-13,19H,4-5,8-10,14H2,1-3H3,(H,22,27)(H,24,28). The van der Waals surface area contributed by atoms with Crippen LogP contribution in [-0.4, -0.2) is 53.4 Å². The van der Waals surface area contributed by atoms with Crippen molar-refractivity contribution in [3.8, 4) is 0 Å². The summed E-state index contributed by atoms with van der Waals surface area (Å²) in [5.41, 5.74) is 4.23. The van der Waals surface area contributed by atoms with Crippen molar-refractivity contribution < 1.29 is 14.3 Å². The first-order chi connectivity index (χ1) is 14.0. The Kier molecular flexibility index (Phi) is 6.87. The Bertz CT molecular complexity index is 864. The first-order valence-electron chi connectivity index (χ1n) is 9.91. The topological polar surface area (TPSA) is 88.5 Å². The lowest BCUT2D eigenvalue weighted by Crippen LogP contribution is -2.34. The van der Waals surface area contributed by atoms with Crippen molar-refractivity contribution >= 4 is 17.6 Å². The second kappa shape index (κ2) is 9.56. The van der Waals surface area contributed by atoms with Gasteiger partial charge in [0.15, 0.2) is 0 Å². The molecule has 1 aliphatic heterocycles. The average Bonchev–Trinajstić information content (AvgIpc) is 3.34. The molecule has 1 aromatic carbocycles. The van der Waals surface area contributed by atoms with Crippen LogP contribution >= 0.6 is 0 Å². The summed E-state index contributed by atoms with van der Waals surface area (Å²) < 4.78 is 6.41. The zero-order valence-electron chi connectivity index (χ0n) is 17.3. The maximum Gasteiger partial charge on any atom is 0.322 e. The maximum absolute atomic E-state index is 12.8. The molecule has 0 bridgehead atoms. The van der Waals surface area contributed by atoms with Gasteiger partial charge in [-0.1, -0.05) is 18.2 Å². The number of amides is 3. The number of methoxy groups -OCH3 is 1. The van der Waals surface area contributed by atoms with Crippen LogP contribution in [0.2, 0.25) is 0 Å². The van der Waals surface area contributed by atoms with Gasteiger partial charge in [0.05, 0.1) is 24.5 Å². The fourth-order valence-corrected chi connectivity index (χ4v) is 3.53. The minimum Gasteiger partial charge on any atom is -0.383 e. The number of aryl methyl sites for hydroxylation is 2. The molecule has 1 aliphatic rings. The number of likely N-dealkylation sites (tertiary alicyclic amines) is 1. The lowest BCUT2D eigenvalue weighted by Gasteiger charge is -2.25. The summed E-state index contributed by atoms with van der Waals surface area (Å²) in [5.74, 6) is -0.155. The van der Waals surface area contributed by atoms with Gasteiger partial charge in [-0.3, -0.25) is 9.48 Å². The van der Waals surface area contributed by atoms with Crippen LogP contribution in [0, 0.1) is 13.8 Å². The van der Waals surface area contributed by atoms with E-state index in [0.29, 0.717) is 18.8 Å². The van der Waals surface area contributed by atoms with Crippen molar-refractivity contribution in [2.45, 2.75) is 39.3 Å². The fraction of sp³-hybridized carbons (Fsp3) is 0.476. The number of nitrogens with zero attached hydrogens (tertiary/aromatic N) is 3. The van der Waals surface area contributed by atoms with E-state index in [9.17, 15) is 9.59 Å². The van der Waals surface area contributed by atoms with E-state index >= 15 is 0 Å². The number of benzene rings is 1. The van der Waals surface area contributed by atoms with Gasteiger partial charge in [0.25, 0.3) is 0 Å². The van der Waals surface area contributed by atoms with Crippen molar-refractivity contribution in [1.82, 2.24) is 20.0 Å². The summed E-state index contributed by atoms with van der Waals surface area (Å²) in [5, 5.41) is 9.80. The van der Waals surface area contributed by atoms with Crippen molar-refractivity contribution in [2.24, 2.45) is 0 Å². The van der Waals surface area contributed by atoms with Gasteiger partial charge in [0.2, 0.25) is 5.91 Å². The molecule has 1 fully saturated rings. The Labute approximate surface area is 171 Å². The second-order valence-corrected chi connectivity index (χ2v) is 7.39. The number of hydrogen-bond acceptors (Lipinski definition) is 4. The summed E-state index contributed by atoms with van der Waals surface area (Å²) in [6, 6.07) is 6.33. The number of rotatable bonds is 7. The monoisotopic (exact) mass is 399 g/mol. The first-order valence-corrected chi connectivity index (χ1v) is 9.91. The Morgan fingerprint density at radius 3 is 2.86 bits per heavy atom. The third kappa shape index (κ3) is 5.35. The van der Waals surface area contributed by atoms with Crippen LogP contribution in [0.3, 0.4) is 0 Å². The molecule has 8 heteroatoms. The summed E-state index contributed by atoms with van der Waals surface area (Å²) in [6.07, 6.45) is 5.15. The van der Waals surface area contributed by atoms with E-state index in [1.807, 2.05) is 4.90 Å². The molecule has 0 aliphatic carbocycles. The van der Waals surface area contributed by atoms with Crippen LogP contribution in [0.25, 0.3) is 0 Å². The van der Waals surface area contributed by atoms with Gasteiger partial charge in [-0.15, -0.1) is 0 Å². The third-order valence-corrected chi connectivity index (χ3v) is 5.25. The summed E-state index contributed by atoms with van der Waals surface area (Å²) in [7, 11) is 1.58. The Hall–Kier alpha value is -2.87. The smallest absolute Gasteiger partial charge is 0.322 e. The predicted octanol–water partition coefficient (Wildman–Crippen LogP) is 2.63. The lowest BCUT2D eigenvalue weighted by atomic mass is 9.99. The zero-order valence-corrected chi connectivity index (χ0v) is 17.3. The summed E-state index contributed by atoms with van der Waals surface area (Å²) in [6.45, 7) is 5.92. The van der Waals surface area contributed by atoms with Gasteiger partial charge in [-0.2, -0.15) is 5.10 Å². The molecular weight excluding hydrogens is 370 g/mol. The van der Waals surface area contributed by atoms with Crippen molar-refractivity contribution in [2.75, 3.05) is 32.1 Å². The van der Waals surface area contributed by atoms with Crippen LogP contribution < -0.4 is 10.6 Å². The average molecular weight is 399 g/mol. The molecule has 0 radical (unpaired) electrons. The number of aromatic nitrogens is 2. The number of carbonyl (C=O) groups is 2. The van der Waals surface area contributed by atoms with Gasteiger partial charge in [0.1, 0.15) is 6.54 Å². The minimum absolute atomic E-state index is 0.0795. The molecular formula is C21H29N5O3. The molecule has 1 unspecified atom stereocenters. The Balaban J connectivity index is 1.59. The molecule has 3 rings (SSSR count). The van der Waals surface area contributed by atoms with Crippen molar-refractivity contribution in [1.29, 1.82) is 0 Å². The van der Waals surface area contributed by atoms with Crippen molar-refractivity contribution in [3.63, 3.8) is 0 Å². The van der Waals surface area contributed by atoms with Gasteiger partial charge >= 0.3 is 6.03 Å². The van der Waals surface area contributed by atoms with Crippen LogP contribution in [0.1, 0.15) is 35.6 Å². The second-order valence-electron chi connectivity index (χ2n) is 7.39. The van der Waals surface area contributed by atoms with Gasteiger partial charge in [-0.05, 0) is 43.4 Å². The van der Waals surface area contributed by atoms with E-state index in [1.165, 1.54) is 21.4 Å². The van der Waals surface area contributed by atoms with Crippen LogP contribution in [0.4, 0.5) is 10.5 Å². The molecule has 2 N–H and O–H groups in total. The van der Waals surface area contributed by atoms with Crippen LogP contribution in [0.5, 0.6) is 0 Å². The minimum atomic E-state index is -0.155. The SMILES string of the molecule is COCCNC(=O)Cn1cc(NC(=O)N2CCCC2c2ccc(C)c(C)c2)cn1. The number of nitrogens with one attached hydrogen (secondary N) is 2. The molecule has 2 heterocycles. The largest absolute Gasteiger partial charge is 0.383 e. The molecule has 8 nitrogen and oxygen atoms in total. The lowest BCUT2D eigenvalue weighted by molar-refractivity contribution is -0.122. The highest BCUT2D eigenvalue weighted by atomic mass is 16.5. The normalized spacial score (nSPS) is 16.1. The molecule has 1 aromatic heterocycles. The zero-order chi connectivity index (χ0) is 20.8. The Morgan fingerprint density at radius 1 is 1.28 bits per heavy atom. The highest BCUT2D eigenvalue weighted by Crippen LogP contribution is 2.33. The number of carbonyl (C=O) groups excluding carboxylic acids is 2. The quantitative estimate of drug-likeness (QED) is 0.701. The number of ether oxygens (including phenoxy) is 1. The Morgan fingerprint density at radius 2 is 2.10 bits per heavy atom.